The third-order valence-electron chi connectivity index (χ3n) is 4.59. The van der Waals surface area contributed by atoms with Crippen molar-refractivity contribution in [2.75, 3.05) is 6.54 Å². The first-order valence-corrected chi connectivity index (χ1v) is 11.5. The highest BCUT2D eigenvalue weighted by Crippen LogP contribution is 2.25. The summed E-state index contributed by atoms with van der Waals surface area (Å²) in [5.74, 6) is 0.690. The summed E-state index contributed by atoms with van der Waals surface area (Å²) in [6.07, 6.45) is 4.65. The van der Waals surface area contributed by atoms with Crippen molar-refractivity contribution in [3.63, 3.8) is 0 Å². The number of nitrogens with two attached hydrogens (primary N) is 1. The predicted molar refractivity (Wildman–Crippen MR) is 134 cm³/mol. The Hall–Kier alpha value is -3.54. The number of alkyl carbamates (subject to hydrolysis) is 1. The smallest absolute Gasteiger partial charge is 0.408 e. The molecule has 0 aromatic heterocycles. The average Bonchev–Trinajstić information content (AvgIpc) is 2.69. The molecule has 0 aliphatic rings. The van der Waals surface area contributed by atoms with Gasteiger partial charge in [-0.1, -0.05) is 25.0 Å². The fraction of sp³-hybridized carbons (Fsp3) is 0.538. The van der Waals surface area contributed by atoms with Crippen LogP contribution in [0.1, 0.15) is 78.5 Å². The van der Waals surface area contributed by atoms with Crippen molar-refractivity contribution < 1.29 is 23.9 Å². The van der Waals surface area contributed by atoms with Gasteiger partial charge in [0.2, 0.25) is 17.7 Å². The summed E-state index contributed by atoms with van der Waals surface area (Å²) in [6.45, 7) is 12.5. The second-order valence-electron chi connectivity index (χ2n) is 10.3. The normalized spacial score (nSPS) is 13.1. The van der Waals surface area contributed by atoms with Crippen molar-refractivity contribution in [3.8, 4) is 12.3 Å². The molecule has 1 aromatic carbocycles. The molecule has 0 aliphatic carbocycles. The van der Waals surface area contributed by atoms with Crippen molar-refractivity contribution in [2.24, 2.45) is 5.73 Å². The van der Waals surface area contributed by atoms with Crippen LogP contribution in [0.15, 0.2) is 24.3 Å². The lowest BCUT2D eigenvalue weighted by Crippen LogP contribution is -2.55. The van der Waals surface area contributed by atoms with E-state index in [2.05, 4.69) is 16.6 Å². The zero-order valence-corrected chi connectivity index (χ0v) is 21.7. The summed E-state index contributed by atoms with van der Waals surface area (Å²) in [4.78, 5) is 52.7. The van der Waals surface area contributed by atoms with E-state index in [-0.39, 0.29) is 6.54 Å². The number of amides is 4. The van der Waals surface area contributed by atoms with E-state index >= 15 is 0 Å². The lowest BCUT2D eigenvalue weighted by molar-refractivity contribution is -0.144. The van der Waals surface area contributed by atoms with Gasteiger partial charge in [0.1, 0.15) is 17.7 Å². The van der Waals surface area contributed by atoms with Crippen LogP contribution in [-0.2, 0) is 19.1 Å². The summed E-state index contributed by atoms with van der Waals surface area (Å²) in [5, 5.41) is 5.36. The SMILES string of the molecule is C#Cc1ccc(C(C(=O)NC(C)(C)C)N(CCC)C(=O)C(CC(N)=O)NC(=O)OC(C)(C)C)cc1. The Morgan fingerprint density at radius 1 is 1.09 bits per heavy atom. The molecule has 0 saturated carbocycles. The molecule has 0 spiro atoms. The van der Waals surface area contributed by atoms with Crippen molar-refractivity contribution in [1.82, 2.24) is 15.5 Å². The first-order valence-electron chi connectivity index (χ1n) is 11.5. The zero-order valence-electron chi connectivity index (χ0n) is 21.7. The maximum atomic E-state index is 13.7. The minimum atomic E-state index is -1.32. The van der Waals surface area contributed by atoms with Gasteiger partial charge in [-0.05, 0) is 65.7 Å². The quantitative estimate of drug-likeness (QED) is 0.462. The lowest BCUT2D eigenvalue weighted by atomic mass is 9.99. The van der Waals surface area contributed by atoms with Crippen LogP contribution in [0.3, 0.4) is 0 Å². The molecule has 4 N–H and O–H groups in total. The van der Waals surface area contributed by atoms with Crippen LogP contribution in [0.25, 0.3) is 0 Å². The number of ether oxygens (including phenoxy) is 1. The summed E-state index contributed by atoms with van der Waals surface area (Å²) >= 11 is 0. The van der Waals surface area contributed by atoms with E-state index in [0.29, 0.717) is 17.5 Å². The number of terminal acetylenes is 1. The highest BCUT2D eigenvalue weighted by molar-refractivity contribution is 5.94. The summed E-state index contributed by atoms with van der Waals surface area (Å²) < 4.78 is 5.25. The van der Waals surface area contributed by atoms with Gasteiger partial charge in [0.05, 0.1) is 6.42 Å². The van der Waals surface area contributed by atoms with Crippen molar-refractivity contribution in [2.45, 2.75) is 84.5 Å². The summed E-state index contributed by atoms with van der Waals surface area (Å²) in [5.41, 5.74) is 5.13. The van der Waals surface area contributed by atoms with Crippen LogP contribution in [-0.4, -0.2) is 52.4 Å². The molecule has 9 nitrogen and oxygen atoms in total. The second-order valence-corrected chi connectivity index (χ2v) is 10.3. The van der Waals surface area contributed by atoms with Gasteiger partial charge in [-0.25, -0.2) is 4.79 Å². The van der Waals surface area contributed by atoms with Gasteiger partial charge < -0.3 is 26.0 Å². The lowest BCUT2D eigenvalue weighted by Gasteiger charge is -2.35. The summed E-state index contributed by atoms with van der Waals surface area (Å²) in [7, 11) is 0. The van der Waals surface area contributed by atoms with Gasteiger partial charge in [0.15, 0.2) is 0 Å². The Kier molecular flexibility index (Phi) is 10.3. The van der Waals surface area contributed by atoms with Gasteiger partial charge in [-0.15, -0.1) is 6.42 Å². The Morgan fingerprint density at radius 3 is 2.09 bits per heavy atom. The molecule has 0 fully saturated rings. The molecule has 9 heteroatoms. The first kappa shape index (κ1) is 29.5. The van der Waals surface area contributed by atoms with Crippen molar-refractivity contribution in [3.05, 3.63) is 35.4 Å². The maximum absolute atomic E-state index is 13.7. The molecule has 1 rings (SSSR count). The highest BCUT2D eigenvalue weighted by Gasteiger charge is 2.37. The molecule has 2 unspecified atom stereocenters. The van der Waals surface area contributed by atoms with E-state index in [1.54, 1.807) is 45.0 Å². The van der Waals surface area contributed by atoms with Crippen LogP contribution in [0.2, 0.25) is 0 Å². The van der Waals surface area contributed by atoms with Crippen LogP contribution < -0.4 is 16.4 Å². The number of hydrogen-bond acceptors (Lipinski definition) is 5. The first-order chi connectivity index (χ1) is 16.1. The monoisotopic (exact) mass is 486 g/mol. The number of carbonyl (C=O) groups excluding carboxylic acids is 4. The second kappa shape index (κ2) is 12.2. The van der Waals surface area contributed by atoms with Crippen LogP contribution >= 0.6 is 0 Å². The number of rotatable bonds is 9. The molecule has 0 aliphatic heterocycles. The Morgan fingerprint density at radius 2 is 1.66 bits per heavy atom. The fourth-order valence-electron chi connectivity index (χ4n) is 3.33. The number of nitrogens with one attached hydrogen (secondary N) is 2. The topological polar surface area (TPSA) is 131 Å². The van der Waals surface area contributed by atoms with Gasteiger partial charge in [0.25, 0.3) is 0 Å². The molecular formula is C26H38N4O5. The van der Waals surface area contributed by atoms with E-state index in [0.717, 1.165) is 0 Å². The minimum absolute atomic E-state index is 0.184. The third-order valence-corrected chi connectivity index (χ3v) is 4.59. The van der Waals surface area contributed by atoms with Crippen molar-refractivity contribution >= 4 is 23.8 Å². The van der Waals surface area contributed by atoms with Gasteiger partial charge in [-0.2, -0.15) is 0 Å². The molecule has 35 heavy (non-hydrogen) atoms. The predicted octanol–water partition coefficient (Wildman–Crippen LogP) is 2.63. The molecule has 0 saturated heterocycles. The summed E-state index contributed by atoms with van der Waals surface area (Å²) in [6, 6.07) is 4.38. The van der Waals surface area contributed by atoms with Crippen molar-refractivity contribution in [1.29, 1.82) is 0 Å². The molecule has 4 amide bonds. The third kappa shape index (κ3) is 10.1. The molecule has 1 aromatic rings. The standard InChI is InChI=1S/C26H38N4O5/c1-9-15-30(23(33)19(16-20(27)31)28-24(34)35-26(6,7)8)21(22(32)29-25(3,4)5)18-13-11-17(10-2)12-14-18/h2,11-14,19,21H,9,15-16H2,1,3-8H3,(H2,27,31)(H,28,34)(H,29,32). The van der Waals surface area contributed by atoms with E-state index in [1.807, 2.05) is 27.7 Å². The number of hydrogen-bond donors (Lipinski definition) is 3. The van der Waals surface area contributed by atoms with E-state index in [4.69, 9.17) is 16.9 Å². The fourth-order valence-corrected chi connectivity index (χ4v) is 3.33. The minimum Gasteiger partial charge on any atom is -0.444 e. The van der Waals surface area contributed by atoms with Crippen LogP contribution in [0, 0.1) is 12.3 Å². The molecule has 0 radical (unpaired) electrons. The Balaban J connectivity index is 3.49. The average molecular weight is 487 g/mol. The Labute approximate surface area is 208 Å². The van der Waals surface area contributed by atoms with E-state index < -0.39 is 53.5 Å². The zero-order chi connectivity index (χ0) is 27.0. The number of carbonyl (C=O) groups is 4. The number of nitrogens with zero attached hydrogens (tertiary/aromatic N) is 1. The van der Waals surface area contributed by atoms with Gasteiger partial charge in [0, 0.05) is 17.6 Å². The van der Waals surface area contributed by atoms with E-state index in [1.165, 1.54) is 4.90 Å². The van der Waals surface area contributed by atoms with Crippen LogP contribution in [0.4, 0.5) is 4.79 Å². The number of benzene rings is 1. The largest absolute Gasteiger partial charge is 0.444 e. The van der Waals surface area contributed by atoms with Crippen LogP contribution in [0.5, 0.6) is 0 Å². The maximum Gasteiger partial charge on any atom is 0.408 e. The van der Waals surface area contributed by atoms with E-state index in [9.17, 15) is 19.2 Å². The Bertz CT molecular complexity index is 952. The van der Waals surface area contributed by atoms with Gasteiger partial charge >= 0.3 is 6.09 Å². The molecule has 0 bridgehead atoms. The molecule has 192 valence electrons. The highest BCUT2D eigenvalue weighted by atomic mass is 16.6. The molecule has 2 atom stereocenters. The number of primary amides is 1. The molecular weight excluding hydrogens is 448 g/mol. The van der Waals surface area contributed by atoms with Gasteiger partial charge in [-0.3, -0.25) is 14.4 Å². The molecule has 0 heterocycles.